The Balaban J connectivity index is 0.00000220. The number of halogens is 1. The molecule has 5 nitrogen and oxygen atoms in total. The molecule has 1 atom stereocenters. The average Bonchev–Trinajstić information content (AvgIpc) is 3.08. The molecular weight excluding hydrogens is 399 g/mol. The van der Waals surface area contributed by atoms with Crippen LogP contribution in [0.1, 0.15) is 36.6 Å². The van der Waals surface area contributed by atoms with E-state index in [-0.39, 0.29) is 29.6 Å². The van der Waals surface area contributed by atoms with Crippen molar-refractivity contribution in [1.29, 1.82) is 0 Å². The van der Waals surface area contributed by atoms with Crippen molar-refractivity contribution in [2.24, 2.45) is 4.99 Å². The molecule has 1 aromatic heterocycles. The average molecular weight is 424 g/mol. The van der Waals surface area contributed by atoms with E-state index in [0.29, 0.717) is 6.54 Å². The number of nitrogens with zero attached hydrogens (tertiary/aromatic N) is 2. The summed E-state index contributed by atoms with van der Waals surface area (Å²) in [5.41, 5.74) is -0.0613. The first-order valence-corrected chi connectivity index (χ1v) is 7.99. The largest absolute Gasteiger partial charge is 0.373 e. The fourth-order valence-corrected chi connectivity index (χ4v) is 3.02. The molecule has 2 rings (SSSR count). The minimum atomic E-state index is -0.0613. The molecule has 1 saturated heterocycles. The quantitative estimate of drug-likeness (QED) is 0.434. The Morgan fingerprint density at radius 1 is 1.52 bits per heavy atom. The number of aliphatic imine (C=N–C) groups is 1. The predicted molar refractivity (Wildman–Crippen MR) is 98.7 cm³/mol. The highest BCUT2D eigenvalue weighted by molar-refractivity contribution is 14.0. The van der Waals surface area contributed by atoms with Crippen molar-refractivity contribution in [1.82, 2.24) is 15.6 Å². The van der Waals surface area contributed by atoms with Crippen LogP contribution >= 0.6 is 35.3 Å². The van der Waals surface area contributed by atoms with Gasteiger partial charge in [-0.1, -0.05) is 6.92 Å². The van der Waals surface area contributed by atoms with E-state index in [2.05, 4.69) is 34.5 Å². The van der Waals surface area contributed by atoms with Gasteiger partial charge in [0, 0.05) is 31.3 Å². The van der Waals surface area contributed by atoms with E-state index in [1.54, 1.807) is 18.4 Å². The Morgan fingerprint density at radius 2 is 2.33 bits per heavy atom. The van der Waals surface area contributed by atoms with Gasteiger partial charge in [-0.05, 0) is 26.2 Å². The molecule has 21 heavy (non-hydrogen) atoms. The van der Waals surface area contributed by atoms with Gasteiger partial charge in [-0.3, -0.25) is 4.99 Å². The molecule has 0 spiro atoms. The second-order valence-corrected chi connectivity index (χ2v) is 6.45. The van der Waals surface area contributed by atoms with Crippen molar-refractivity contribution in [2.75, 3.05) is 20.2 Å². The van der Waals surface area contributed by atoms with Gasteiger partial charge >= 0.3 is 0 Å². The lowest BCUT2D eigenvalue weighted by Crippen LogP contribution is -2.45. The number of rotatable bonds is 5. The van der Waals surface area contributed by atoms with Crippen LogP contribution in [0.25, 0.3) is 0 Å². The predicted octanol–water partition coefficient (Wildman–Crippen LogP) is 2.56. The molecule has 0 aromatic carbocycles. The third kappa shape index (κ3) is 5.71. The molecule has 1 fully saturated rings. The first-order valence-electron chi connectivity index (χ1n) is 7.17. The molecule has 0 saturated carbocycles. The number of aryl methyl sites for hydroxylation is 1. The molecule has 0 bridgehead atoms. The Bertz CT molecular complexity index is 458. The van der Waals surface area contributed by atoms with Crippen molar-refractivity contribution in [3.63, 3.8) is 0 Å². The van der Waals surface area contributed by atoms with Crippen LogP contribution in [-0.4, -0.2) is 36.7 Å². The van der Waals surface area contributed by atoms with E-state index in [4.69, 9.17) is 4.74 Å². The summed E-state index contributed by atoms with van der Waals surface area (Å²) in [6.07, 6.45) is 5.23. The van der Waals surface area contributed by atoms with Gasteiger partial charge in [0.25, 0.3) is 0 Å². The molecule has 1 aromatic rings. The third-order valence-corrected chi connectivity index (χ3v) is 4.65. The molecular formula is C14H25IN4OS. The second kappa shape index (κ2) is 8.89. The van der Waals surface area contributed by atoms with Crippen molar-refractivity contribution in [2.45, 2.75) is 45.3 Å². The van der Waals surface area contributed by atoms with Crippen molar-refractivity contribution >= 4 is 41.3 Å². The van der Waals surface area contributed by atoms with Crippen LogP contribution in [-0.2, 0) is 17.7 Å². The Labute approximate surface area is 148 Å². The molecule has 120 valence electrons. The van der Waals surface area contributed by atoms with E-state index >= 15 is 0 Å². The number of nitrogens with one attached hydrogen (secondary N) is 2. The van der Waals surface area contributed by atoms with Crippen molar-refractivity contribution in [3.05, 3.63) is 16.1 Å². The van der Waals surface area contributed by atoms with Gasteiger partial charge in [-0.15, -0.1) is 35.3 Å². The zero-order valence-corrected chi connectivity index (χ0v) is 16.1. The first kappa shape index (κ1) is 18.6. The standard InChI is InChI=1S/C14H24N4OS.HI/c1-4-11-8-16-12(20-11)9-17-13(15-3)18-10-14(2)6-5-7-19-14;/h8H,4-7,9-10H2,1-3H3,(H2,15,17,18);1H. The van der Waals surface area contributed by atoms with Gasteiger partial charge in [0.2, 0.25) is 0 Å². The summed E-state index contributed by atoms with van der Waals surface area (Å²) in [6, 6.07) is 0. The van der Waals surface area contributed by atoms with Crippen LogP contribution in [0.15, 0.2) is 11.2 Å². The zero-order chi connectivity index (χ0) is 14.4. The lowest BCUT2D eigenvalue weighted by molar-refractivity contribution is 0.0243. The summed E-state index contributed by atoms with van der Waals surface area (Å²) >= 11 is 1.75. The number of hydrogen-bond acceptors (Lipinski definition) is 4. The van der Waals surface area contributed by atoms with Gasteiger partial charge in [-0.25, -0.2) is 4.98 Å². The van der Waals surface area contributed by atoms with Crippen LogP contribution in [0.4, 0.5) is 0 Å². The number of ether oxygens (including phenoxy) is 1. The van der Waals surface area contributed by atoms with Gasteiger partial charge in [0.05, 0.1) is 12.1 Å². The van der Waals surface area contributed by atoms with Gasteiger partial charge in [-0.2, -0.15) is 0 Å². The SMILES string of the molecule is CCc1cnc(CNC(=NC)NCC2(C)CCCO2)s1.I. The summed E-state index contributed by atoms with van der Waals surface area (Å²) in [4.78, 5) is 9.95. The molecule has 1 unspecified atom stereocenters. The topological polar surface area (TPSA) is 58.5 Å². The Kier molecular flexibility index (Phi) is 7.89. The van der Waals surface area contributed by atoms with Gasteiger partial charge in [0.15, 0.2) is 5.96 Å². The Hall–Kier alpha value is -0.410. The monoisotopic (exact) mass is 424 g/mol. The fourth-order valence-electron chi connectivity index (χ4n) is 2.22. The third-order valence-electron chi connectivity index (χ3n) is 3.51. The number of guanidine groups is 1. The first-order chi connectivity index (χ1) is 9.65. The lowest BCUT2D eigenvalue weighted by atomic mass is 10.0. The molecule has 1 aliphatic rings. The summed E-state index contributed by atoms with van der Waals surface area (Å²) in [5, 5.41) is 7.72. The van der Waals surface area contributed by atoms with Crippen molar-refractivity contribution in [3.8, 4) is 0 Å². The van der Waals surface area contributed by atoms with Gasteiger partial charge < -0.3 is 15.4 Å². The zero-order valence-electron chi connectivity index (χ0n) is 12.9. The van der Waals surface area contributed by atoms with E-state index in [0.717, 1.165) is 43.4 Å². The molecule has 2 N–H and O–H groups in total. The summed E-state index contributed by atoms with van der Waals surface area (Å²) < 4.78 is 5.76. The number of aromatic nitrogens is 1. The smallest absolute Gasteiger partial charge is 0.191 e. The van der Waals surface area contributed by atoms with Gasteiger partial charge in [0.1, 0.15) is 5.01 Å². The van der Waals surface area contributed by atoms with E-state index in [1.807, 2.05) is 6.20 Å². The van der Waals surface area contributed by atoms with E-state index in [1.165, 1.54) is 4.88 Å². The van der Waals surface area contributed by atoms with Crippen LogP contribution in [0.2, 0.25) is 0 Å². The van der Waals surface area contributed by atoms with Crippen molar-refractivity contribution < 1.29 is 4.74 Å². The molecule has 1 aliphatic heterocycles. The highest BCUT2D eigenvalue weighted by Crippen LogP contribution is 2.23. The lowest BCUT2D eigenvalue weighted by Gasteiger charge is -2.24. The minimum Gasteiger partial charge on any atom is -0.373 e. The highest BCUT2D eigenvalue weighted by atomic mass is 127. The van der Waals surface area contributed by atoms with Crippen LogP contribution < -0.4 is 10.6 Å². The van der Waals surface area contributed by atoms with E-state index < -0.39 is 0 Å². The van der Waals surface area contributed by atoms with Crippen LogP contribution in [0.3, 0.4) is 0 Å². The fraction of sp³-hybridized carbons (Fsp3) is 0.714. The molecule has 0 amide bonds. The van der Waals surface area contributed by atoms with E-state index in [9.17, 15) is 0 Å². The maximum atomic E-state index is 5.76. The highest BCUT2D eigenvalue weighted by Gasteiger charge is 2.29. The van der Waals surface area contributed by atoms with Crippen LogP contribution in [0, 0.1) is 0 Å². The molecule has 0 radical (unpaired) electrons. The molecule has 2 heterocycles. The Morgan fingerprint density at radius 3 is 2.90 bits per heavy atom. The summed E-state index contributed by atoms with van der Waals surface area (Å²) in [5.74, 6) is 0.801. The van der Waals surface area contributed by atoms with Crippen LogP contribution in [0.5, 0.6) is 0 Å². The molecule has 0 aliphatic carbocycles. The normalized spacial score (nSPS) is 22.0. The number of hydrogen-bond donors (Lipinski definition) is 2. The maximum Gasteiger partial charge on any atom is 0.191 e. The number of thiazole rings is 1. The molecule has 7 heteroatoms. The minimum absolute atomic E-state index is 0. The maximum absolute atomic E-state index is 5.76. The summed E-state index contributed by atoms with van der Waals surface area (Å²) in [7, 11) is 1.78. The summed E-state index contributed by atoms with van der Waals surface area (Å²) in [6.45, 7) is 6.65. The second-order valence-electron chi connectivity index (χ2n) is 5.26.